The van der Waals surface area contributed by atoms with Crippen LogP contribution in [0.2, 0.25) is 0 Å². The minimum atomic E-state index is 0.165. The number of aromatic nitrogens is 4. The van der Waals surface area contributed by atoms with E-state index in [9.17, 15) is 0 Å². The van der Waals surface area contributed by atoms with E-state index in [1.54, 1.807) is 0 Å². The molecule has 0 aromatic carbocycles. The van der Waals surface area contributed by atoms with E-state index in [1.807, 2.05) is 23.3 Å². The van der Waals surface area contributed by atoms with Crippen LogP contribution in [0.1, 0.15) is 37.8 Å². The van der Waals surface area contributed by atoms with E-state index in [1.165, 1.54) is 5.56 Å². The van der Waals surface area contributed by atoms with Crippen LogP contribution < -0.4 is 5.32 Å². The topological polar surface area (TPSA) is 56.9 Å². The van der Waals surface area contributed by atoms with Gasteiger partial charge < -0.3 is 14.6 Å². The molecule has 1 aliphatic heterocycles. The Morgan fingerprint density at radius 1 is 1.36 bits per heavy atom. The van der Waals surface area contributed by atoms with Crippen molar-refractivity contribution in [1.29, 1.82) is 0 Å². The van der Waals surface area contributed by atoms with Gasteiger partial charge in [-0.1, -0.05) is 0 Å². The van der Waals surface area contributed by atoms with E-state index < -0.39 is 0 Å². The Morgan fingerprint density at radius 2 is 2.27 bits per heavy atom. The Labute approximate surface area is 131 Å². The molecule has 3 rings (SSSR count). The second-order valence-corrected chi connectivity index (χ2v) is 5.73. The fourth-order valence-corrected chi connectivity index (χ4v) is 3.08. The fourth-order valence-electron chi connectivity index (χ4n) is 3.08. The average molecular weight is 303 g/mol. The summed E-state index contributed by atoms with van der Waals surface area (Å²) in [6.07, 6.45) is 9.19. The number of rotatable bonds is 7. The molecular formula is C16H25N5O. The summed E-state index contributed by atoms with van der Waals surface area (Å²) < 4.78 is 10.1. The van der Waals surface area contributed by atoms with Crippen LogP contribution in [0.5, 0.6) is 0 Å². The van der Waals surface area contributed by atoms with Gasteiger partial charge in [0.25, 0.3) is 0 Å². The lowest BCUT2D eigenvalue weighted by Gasteiger charge is -2.18. The van der Waals surface area contributed by atoms with Gasteiger partial charge in [-0.2, -0.15) is 5.10 Å². The van der Waals surface area contributed by atoms with E-state index >= 15 is 0 Å². The molecular weight excluding hydrogens is 278 g/mol. The molecule has 0 saturated carbocycles. The van der Waals surface area contributed by atoms with Crippen molar-refractivity contribution in [2.24, 2.45) is 5.92 Å². The van der Waals surface area contributed by atoms with Gasteiger partial charge in [-0.3, -0.25) is 4.68 Å². The number of nitrogens with zero attached hydrogens (tertiary/aromatic N) is 4. The molecule has 0 bridgehead atoms. The highest BCUT2D eigenvalue weighted by molar-refractivity contribution is 5.11. The molecule has 2 aromatic heterocycles. The first-order valence-electron chi connectivity index (χ1n) is 8.16. The molecule has 6 heteroatoms. The molecule has 1 saturated heterocycles. The maximum atomic E-state index is 5.93. The first kappa shape index (κ1) is 15.2. The number of aryl methyl sites for hydroxylation is 2. The van der Waals surface area contributed by atoms with Crippen molar-refractivity contribution in [2.75, 3.05) is 13.2 Å². The molecule has 6 nitrogen and oxygen atoms in total. The zero-order chi connectivity index (χ0) is 15.4. The van der Waals surface area contributed by atoms with Crippen LogP contribution in [-0.2, 0) is 24.4 Å². The second-order valence-electron chi connectivity index (χ2n) is 5.73. The molecule has 22 heavy (non-hydrogen) atoms. The predicted molar refractivity (Wildman–Crippen MR) is 84.3 cm³/mol. The molecule has 0 unspecified atom stereocenters. The molecule has 120 valence electrons. The zero-order valence-corrected chi connectivity index (χ0v) is 13.4. The Balaban J connectivity index is 1.55. The van der Waals surface area contributed by atoms with Crippen molar-refractivity contribution < 1.29 is 4.74 Å². The first-order chi connectivity index (χ1) is 10.8. The van der Waals surface area contributed by atoms with Crippen molar-refractivity contribution in [2.45, 2.75) is 46.0 Å². The summed E-state index contributed by atoms with van der Waals surface area (Å²) in [5.41, 5.74) is 1.20. The molecule has 1 aliphatic rings. The van der Waals surface area contributed by atoms with Crippen molar-refractivity contribution >= 4 is 0 Å². The highest BCUT2D eigenvalue weighted by Gasteiger charge is 2.30. The number of ether oxygens (including phenoxy) is 1. The largest absolute Gasteiger partial charge is 0.373 e. The third-order valence-corrected chi connectivity index (χ3v) is 4.35. The summed E-state index contributed by atoms with van der Waals surface area (Å²) in [7, 11) is 0. The maximum absolute atomic E-state index is 5.93. The molecule has 1 N–H and O–H groups in total. The van der Waals surface area contributed by atoms with Crippen LogP contribution in [0, 0.1) is 5.92 Å². The van der Waals surface area contributed by atoms with Gasteiger partial charge in [-0.15, -0.1) is 0 Å². The molecule has 2 aromatic rings. The SMILES string of the molecule is CCn1cc([C@H]2OCC[C@H]2CNCc2nccn2CC)cn1. The normalized spacial score (nSPS) is 21.5. The molecule has 0 radical (unpaired) electrons. The lowest BCUT2D eigenvalue weighted by Crippen LogP contribution is -2.25. The second kappa shape index (κ2) is 7.07. The van der Waals surface area contributed by atoms with E-state index in [4.69, 9.17) is 4.74 Å². The van der Waals surface area contributed by atoms with Crippen molar-refractivity contribution in [3.8, 4) is 0 Å². The Morgan fingerprint density at radius 3 is 3.05 bits per heavy atom. The van der Waals surface area contributed by atoms with Crippen molar-refractivity contribution in [1.82, 2.24) is 24.6 Å². The lowest BCUT2D eigenvalue weighted by molar-refractivity contribution is 0.0903. The van der Waals surface area contributed by atoms with E-state index in [-0.39, 0.29) is 6.10 Å². The summed E-state index contributed by atoms with van der Waals surface area (Å²) in [6, 6.07) is 0. The van der Waals surface area contributed by atoms with Crippen LogP contribution in [0.3, 0.4) is 0 Å². The molecule has 1 fully saturated rings. The average Bonchev–Trinajstić information content (AvgIpc) is 3.27. The highest BCUT2D eigenvalue weighted by atomic mass is 16.5. The quantitative estimate of drug-likeness (QED) is 0.850. The first-order valence-corrected chi connectivity index (χ1v) is 8.16. The van der Waals surface area contributed by atoms with Crippen LogP contribution in [0.4, 0.5) is 0 Å². The van der Waals surface area contributed by atoms with Gasteiger partial charge >= 0.3 is 0 Å². The van der Waals surface area contributed by atoms with Crippen LogP contribution in [-0.4, -0.2) is 32.5 Å². The van der Waals surface area contributed by atoms with Gasteiger partial charge in [0, 0.05) is 56.3 Å². The summed E-state index contributed by atoms with van der Waals surface area (Å²) >= 11 is 0. The molecule has 0 amide bonds. The number of nitrogens with one attached hydrogen (secondary N) is 1. The minimum absolute atomic E-state index is 0.165. The molecule has 0 spiro atoms. The number of hydrogen-bond donors (Lipinski definition) is 1. The zero-order valence-electron chi connectivity index (χ0n) is 13.4. The summed E-state index contributed by atoms with van der Waals surface area (Å²) in [4.78, 5) is 4.40. The van der Waals surface area contributed by atoms with Crippen LogP contribution >= 0.6 is 0 Å². The smallest absolute Gasteiger partial charge is 0.122 e. The maximum Gasteiger partial charge on any atom is 0.122 e. The minimum Gasteiger partial charge on any atom is -0.373 e. The Hall–Kier alpha value is -1.66. The van der Waals surface area contributed by atoms with Crippen molar-refractivity contribution in [3.05, 3.63) is 36.2 Å². The predicted octanol–water partition coefficient (Wildman–Crippen LogP) is 1.99. The van der Waals surface area contributed by atoms with Gasteiger partial charge in [-0.05, 0) is 20.3 Å². The van der Waals surface area contributed by atoms with Gasteiger partial charge in [0.1, 0.15) is 5.82 Å². The summed E-state index contributed by atoms with van der Waals surface area (Å²) in [6.45, 7) is 8.67. The standard InChI is InChI=1S/C16H25N5O/c1-3-20-7-6-18-15(20)11-17-9-13-5-8-22-16(13)14-10-19-21(4-2)12-14/h6-7,10,12-13,16-17H,3-5,8-9,11H2,1-2H3/t13-,16-/m0/s1. The van der Waals surface area contributed by atoms with E-state index in [2.05, 4.69) is 40.0 Å². The van der Waals surface area contributed by atoms with Crippen LogP contribution in [0.25, 0.3) is 0 Å². The number of imidazole rings is 1. The Bertz CT molecular complexity index is 591. The van der Waals surface area contributed by atoms with E-state index in [0.29, 0.717) is 5.92 Å². The van der Waals surface area contributed by atoms with Gasteiger partial charge in [0.05, 0.1) is 18.8 Å². The third kappa shape index (κ3) is 3.23. The molecule has 2 atom stereocenters. The Kier molecular flexibility index (Phi) is 4.90. The molecule has 0 aliphatic carbocycles. The summed E-state index contributed by atoms with van der Waals surface area (Å²) in [5, 5.41) is 7.89. The highest BCUT2D eigenvalue weighted by Crippen LogP contribution is 2.33. The number of hydrogen-bond acceptors (Lipinski definition) is 4. The molecule has 3 heterocycles. The van der Waals surface area contributed by atoms with Crippen LogP contribution in [0.15, 0.2) is 24.8 Å². The van der Waals surface area contributed by atoms with Gasteiger partial charge in [0.2, 0.25) is 0 Å². The summed E-state index contributed by atoms with van der Waals surface area (Å²) in [5.74, 6) is 1.59. The monoisotopic (exact) mass is 303 g/mol. The van der Waals surface area contributed by atoms with Gasteiger partial charge in [0.15, 0.2) is 0 Å². The third-order valence-electron chi connectivity index (χ3n) is 4.35. The fraction of sp³-hybridized carbons (Fsp3) is 0.625. The van der Waals surface area contributed by atoms with E-state index in [0.717, 1.165) is 45.0 Å². The van der Waals surface area contributed by atoms with Crippen molar-refractivity contribution in [3.63, 3.8) is 0 Å². The van der Waals surface area contributed by atoms with Gasteiger partial charge in [-0.25, -0.2) is 4.98 Å². The lowest BCUT2D eigenvalue weighted by atomic mass is 9.97.